The lowest BCUT2D eigenvalue weighted by Gasteiger charge is -2.14. The number of carbonyl (C=O) groups excluding carboxylic acids is 1. The van der Waals surface area contributed by atoms with Crippen molar-refractivity contribution in [3.05, 3.63) is 71.2 Å². The van der Waals surface area contributed by atoms with Crippen LogP contribution in [0, 0.1) is 5.82 Å². The molecule has 2 N–H and O–H groups in total. The number of aromatic hydroxyl groups is 1. The summed E-state index contributed by atoms with van der Waals surface area (Å²) in [5, 5.41) is 19.2. The minimum absolute atomic E-state index is 0.0830. The molecule has 5 heteroatoms. The van der Waals surface area contributed by atoms with Gasteiger partial charge in [0.25, 0.3) is 0 Å². The fourth-order valence-electron chi connectivity index (χ4n) is 2.26. The number of hydrogen-bond acceptors (Lipinski definition) is 4. The second kappa shape index (κ2) is 4.94. The van der Waals surface area contributed by atoms with Crippen LogP contribution >= 0.6 is 0 Å². The van der Waals surface area contributed by atoms with Crippen LogP contribution in [0.5, 0.6) is 5.75 Å². The van der Waals surface area contributed by atoms with Crippen LogP contribution < -0.4 is 0 Å². The number of cyclic esters (lactones) is 1. The first-order chi connectivity index (χ1) is 10.1. The van der Waals surface area contributed by atoms with Crippen LogP contribution in [-0.2, 0) is 9.53 Å². The fourth-order valence-corrected chi connectivity index (χ4v) is 2.26. The van der Waals surface area contributed by atoms with E-state index in [0.717, 1.165) is 0 Å². The highest BCUT2D eigenvalue weighted by atomic mass is 19.1. The van der Waals surface area contributed by atoms with Gasteiger partial charge in [-0.25, -0.2) is 9.18 Å². The lowest BCUT2D eigenvalue weighted by atomic mass is 9.95. The first-order valence-electron chi connectivity index (χ1n) is 6.25. The molecular formula is C16H11FO4. The summed E-state index contributed by atoms with van der Waals surface area (Å²) in [6, 6.07) is 11.5. The number of hydrogen-bond donors (Lipinski definition) is 2. The average Bonchev–Trinajstić information content (AvgIpc) is 2.77. The number of aliphatic hydroxyl groups excluding tert-OH is 1. The first kappa shape index (κ1) is 13.2. The number of carbonyl (C=O) groups is 1. The van der Waals surface area contributed by atoms with Gasteiger partial charge in [-0.1, -0.05) is 24.3 Å². The van der Waals surface area contributed by atoms with E-state index in [2.05, 4.69) is 0 Å². The van der Waals surface area contributed by atoms with E-state index in [0.29, 0.717) is 11.1 Å². The molecule has 21 heavy (non-hydrogen) atoms. The molecule has 0 fully saturated rings. The molecule has 3 rings (SSSR count). The number of aliphatic hydroxyl groups is 1. The van der Waals surface area contributed by atoms with E-state index in [4.69, 9.17) is 4.74 Å². The Morgan fingerprint density at radius 2 is 1.57 bits per heavy atom. The maximum absolute atomic E-state index is 13.0. The van der Waals surface area contributed by atoms with E-state index in [9.17, 15) is 19.4 Å². The third kappa shape index (κ3) is 2.33. The Kier molecular flexibility index (Phi) is 3.10. The third-order valence-corrected chi connectivity index (χ3v) is 3.29. The van der Waals surface area contributed by atoms with Crippen LogP contribution in [0.3, 0.4) is 0 Å². The van der Waals surface area contributed by atoms with Crippen LogP contribution in [0.15, 0.2) is 54.3 Å². The van der Waals surface area contributed by atoms with Crippen LogP contribution in [0.1, 0.15) is 17.2 Å². The molecule has 4 nitrogen and oxygen atoms in total. The Balaban J connectivity index is 2.07. The molecule has 106 valence electrons. The lowest BCUT2D eigenvalue weighted by molar-refractivity contribution is -0.142. The SMILES string of the molecule is O=C1OC(c2ccc(O)cc2)C(c2ccc(F)cc2)=C1O. The van der Waals surface area contributed by atoms with Crippen molar-refractivity contribution in [1.29, 1.82) is 0 Å². The Labute approximate surface area is 119 Å². The summed E-state index contributed by atoms with van der Waals surface area (Å²) in [6.07, 6.45) is -0.788. The van der Waals surface area contributed by atoms with Gasteiger partial charge in [-0.05, 0) is 35.4 Å². The Hall–Kier alpha value is -2.82. The molecule has 0 saturated carbocycles. The zero-order valence-corrected chi connectivity index (χ0v) is 10.8. The lowest BCUT2D eigenvalue weighted by Crippen LogP contribution is -2.03. The molecule has 0 amide bonds. The Morgan fingerprint density at radius 1 is 0.952 bits per heavy atom. The quantitative estimate of drug-likeness (QED) is 0.832. The van der Waals surface area contributed by atoms with E-state index >= 15 is 0 Å². The van der Waals surface area contributed by atoms with Crippen molar-refractivity contribution in [2.75, 3.05) is 0 Å². The zero-order chi connectivity index (χ0) is 15.0. The molecular weight excluding hydrogens is 275 g/mol. The number of esters is 1. The van der Waals surface area contributed by atoms with E-state index in [-0.39, 0.29) is 11.3 Å². The van der Waals surface area contributed by atoms with E-state index < -0.39 is 23.6 Å². The standard InChI is InChI=1S/C16H11FO4/c17-11-5-1-9(2-6-11)13-14(19)16(20)21-15(13)10-3-7-12(18)8-4-10/h1-8,15,18-19H. The summed E-state index contributed by atoms with van der Waals surface area (Å²) in [6.45, 7) is 0. The molecule has 0 saturated heterocycles. The van der Waals surface area contributed by atoms with Crippen molar-refractivity contribution in [3.8, 4) is 5.75 Å². The molecule has 1 aliphatic rings. The molecule has 2 aromatic carbocycles. The normalized spacial score (nSPS) is 18.0. The monoisotopic (exact) mass is 286 g/mol. The van der Waals surface area contributed by atoms with Gasteiger partial charge >= 0.3 is 5.97 Å². The molecule has 0 aliphatic carbocycles. The third-order valence-electron chi connectivity index (χ3n) is 3.29. The first-order valence-corrected chi connectivity index (χ1v) is 6.25. The van der Waals surface area contributed by atoms with Gasteiger partial charge in [-0.2, -0.15) is 0 Å². The minimum Gasteiger partial charge on any atom is -0.508 e. The fraction of sp³-hybridized carbons (Fsp3) is 0.0625. The Bertz CT molecular complexity index is 717. The van der Waals surface area contributed by atoms with Gasteiger partial charge < -0.3 is 14.9 Å². The second-order valence-corrected chi connectivity index (χ2v) is 4.65. The van der Waals surface area contributed by atoms with Crippen molar-refractivity contribution in [1.82, 2.24) is 0 Å². The zero-order valence-electron chi connectivity index (χ0n) is 10.8. The molecule has 1 aliphatic heterocycles. The van der Waals surface area contributed by atoms with Gasteiger partial charge in [-0.15, -0.1) is 0 Å². The maximum atomic E-state index is 13.0. The molecule has 0 bridgehead atoms. The maximum Gasteiger partial charge on any atom is 0.374 e. The van der Waals surface area contributed by atoms with Crippen LogP contribution in [0.25, 0.3) is 5.57 Å². The number of ether oxygens (including phenoxy) is 1. The largest absolute Gasteiger partial charge is 0.508 e. The van der Waals surface area contributed by atoms with Gasteiger partial charge in [0.2, 0.25) is 5.76 Å². The van der Waals surface area contributed by atoms with Crippen molar-refractivity contribution in [2.45, 2.75) is 6.10 Å². The summed E-state index contributed by atoms with van der Waals surface area (Å²) in [5.41, 5.74) is 1.38. The van der Waals surface area contributed by atoms with Crippen LogP contribution in [0.4, 0.5) is 4.39 Å². The minimum atomic E-state index is -0.826. The summed E-state index contributed by atoms with van der Waals surface area (Å²) in [5.74, 6) is -1.64. The number of phenolic OH excluding ortho intramolecular Hbond substituents is 1. The van der Waals surface area contributed by atoms with Gasteiger partial charge in [0.05, 0.1) is 5.57 Å². The number of halogens is 1. The van der Waals surface area contributed by atoms with Crippen molar-refractivity contribution >= 4 is 11.5 Å². The van der Waals surface area contributed by atoms with Crippen molar-refractivity contribution in [2.24, 2.45) is 0 Å². The average molecular weight is 286 g/mol. The van der Waals surface area contributed by atoms with E-state index in [1.165, 1.54) is 36.4 Å². The van der Waals surface area contributed by atoms with Gasteiger partial charge in [0.15, 0.2) is 6.10 Å². The summed E-state index contributed by atoms with van der Waals surface area (Å²) in [4.78, 5) is 11.6. The van der Waals surface area contributed by atoms with Gasteiger partial charge in [0, 0.05) is 0 Å². The highest BCUT2D eigenvalue weighted by Crippen LogP contribution is 2.40. The van der Waals surface area contributed by atoms with Crippen molar-refractivity contribution < 1.29 is 24.1 Å². The summed E-state index contributed by atoms with van der Waals surface area (Å²) in [7, 11) is 0. The molecule has 0 spiro atoms. The highest BCUT2D eigenvalue weighted by Gasteiger charge is 2.36. The summed E-state index contributed by atoms with van der Waals surface area (Å²) < 4.78 is 18.2. The number of rotatable bonds is 2. The van der Waals surface area contributed by atoms with Gasteiger partial charge in [-0.3, -0.25) is 0 Å². The molecule has 1 atom stereocenters. The summed E-state index contributed by atoms with van der Waals surface area (Å²) >= 11 is 0. The van der Waals surface area contributed by atoms with Crippen LogP contribution in [0.2, 0.25) is 0 Å². The van der Waals surface area contributed by atoms with Gasteiger partial charge in [0.1, 0.15) is 11.6 Å². The topological polar surface area (TPSA) is 66.8 Å². The molecule has 1 heterocycles. The second-order valence-electron chi connectivity index (χ2n) is 4.65. The molecule has 0 aromatic heterocycles. The van der Waals surface area contributed by atoms with Crippen molar-refractivity contribution in [3.63, 3.8) is 0 Å². The van der Waals surface area contributed by atoms with Crippen LogP contribution in [-0.4, -0.2) is 16.2 Å². The molecule has 0 radical (unpaired) electrons. The predicted octanol–water partition coefficient (Wildman–Crippen LogP) is 3.10. The predicted molar refractivity (Wildman–Crippen MR) is 72.9 cm³/mol. The number of benzene rings is 2. The Morgan fingerprint density at radius 3 is 2.19 bits per heavy atom. The smallest absolute Gasteiger partial charge is 0.374 e. The molecule has 2 aromatic rings. The van der Waals surface area contributed by atoms with E-state index in [1.807, 2.05) is 0 Å². The molecule has 1 unspecified atom stereocenters. The van der Waals surface area contributed by atoms with E-state index in [1.54, 1.807) is 12.1 Å². The number of phenols is 1. The highest BCUT2D eigenvalue weighted by molar-refractivity contribution is 6.00.